The molecule has 0 saturated heterocycles. The highest BCUT2D eigenvalue weighted by Crippen LogP contribution is 2.49. The van der Waals surface area contributed by atoms with Crippen LogP contribution in [-0.4, -0.2) is 17.5 Å². The highest BCUT2D eigenvalue weighted by molar-refractivity contribution is 5.76. The van der Waals surface area contributed by atoms with Gasteiger partial charge < -0.3 is 11.1 Å². The molecule has 2 fully saturated rings. The molecule has 2 aliphatic carbocycles. The Kier molecular flexibility index (Phi) is 4.00. The lowest BCUT2D eigenvalue weighted by molar-refractivity contribution is -0.122. The Morgan fingerprint density at radius 1 is 1.39 bits per heavy atom. The molecule has 0 aromatic heterocycles. The topological polar surface area (TPSA) is 55.1 Å². The molecular formula is C15H28N2O. The number of amides is 1. The van der Waals surface area contributed by atoms with Crippen LogP contribution in [0.15, 0.2) is 0 Å². The van der Waals surface area contributed by atoms with E-state index in [-0.39, 0.29) is 11.4 Å². The van der Waals surface area contributed by atoms with Gasteiger partial charge in [0.05, 0.1) is 0 Å². The molecule has 2 saturated carbocycles. The van der Waals surface area contributed by atoms with Crippen LogP contribution in [0.2, 0.25) is 0 Å². The van der Waals surface area contributed by atoms with Gasteiger partial charge >= 0.3 is 0 Å². The maximum atomic E-state index is 11.9. The zero-order chi connectivity index (χ0) is 13.3. The molecule has 1 amide bonds. The predicted molar refractivity (Wildman–Crippen MR) is 74.0 cm³/mol. The van der Waals surface area contributed by atoms with E-state index in [1.165, 1.54) is 25.7 Å². The fourth-order valence-corrected chi connectivity index (χ4v) is 3.78. The Morgan fingerprint density at radius 2 is 2.11 bits per heavy atom. The van der Waals surface area contributed by atoms with Crippen LogP contribution in [0.25, 0.3) is 0 Å². The first-order chi connectivity index (χ1) is 8.35. The second-order valence-corrected chi connectivity index (χ2v) is 7.18. The van der Waals surface area contributed by atoms with E-state index >= 15 is 0 Å². The minimum absolute atomic E-state index is 0.170. The van der Waals surface area contributed by atoms with Gasteiger partial charge in [0.15, 0.2) is 0 Å². The Morgan fingerprint density at radius 3 is 2.61 bits per heavy atom. The summed E-state index contributed by atoms with van der Waals surface area (Å²) in [7, 11) is 0. The summed E-state index contributed by atoms with van der Waals surface area (Å²) >= 11 is 0. The van der Waals surface area contributed by atoms with E-state index in [1.54, 1.807) is 0 Å². The van der Waals surface area contributed by atoms with Crippen molar-refractivity contribution in [2.24, 2.45) is 23.5 Å². The SMILES string of the molecule is CC(NC(=O)CCC(C)(C)N)C1CC2CCC1C2. The molecule has 0 spiro atoms. The molecule has 18 heavy (non-hydrogen) atoms. The van der Waals surface area contributed by atoms with Crippen molar-refractivity contribution in [1.82, 2.24) is 5.32 Å². The number of fused-ring (bicyclic) bond motifs is 2. The maximum Gasteiger partial charge on any atom is 0.220 e. The minimum atomic E-state index is -0.243. The Hall–Kier alpha value is -0.570. The molecule has 2 rings (SSSR count). The molecule has 0 heterocycles. The van der Waals surface area contributed by atoms with Crippen LogP contribution in [0.4, 0.5) is 0 Å². The van der Waals surface area contributed by atoms with Crippen molar-refractivity contribution in [3.8, 4) is 0 Å². The summed E-state index contributed by atoms with van der Waals surface area (Å²) in [4.78, 5) is 11.9. The van der Waals surface area contributed by atoms with Crippen molar-refractivity contribution < 1.29 is 4.79 Å². The summed E-state index contributed by atoms with van der Waals surface area (Å²) < 4.78 is 0. The number of carbonyl (C=O) groups is 1. The molecule has 104 valence electrons. The zero-order valence-electron chi connectivity index (χ0n) is 12.0. The number of hydrogen-bond donors (Lipinski definition) is 2. The van der Waals surface area contributed by atoms with Crippen molar-refractivity contribution >= 4 is 5.91 Å². The van der Waals surface area contributed by atoms with Crippen molar-refractivity contribution in [3.05, 3.63) is 0 Å². The first-order valence-electron chi connectivity index (χ1n) is 7.43. The van der Waals surface area contributed by atoms with Crippen molar-refractivity contribution in [1.29, 1.82) is 0 Å². The third-order valence-electron chi connectivity index (χ3n) is 4.82. The first-order valence-corrected chi connectivity index (χ1v) is 7.43. The van der Waals surface area contributed by atoms with Gasteiger partial charge in [-0.2, -0.15) is 0 Å². The van der Waals surface area contributed by atoms with Crippen LogP contribution in [0.5, 0.6) is 0 Å². The number of carbonyl (C=O) groups excluding carboxylic acids is 1. The first kappa shape index (κ1) is 13.9. The normalized spacial score (nSPS) is 32.6. The molecule has 3 nitrogen and oxygen atoms in total. The van der Waals surface area contributed by atoms with Gasteiger partial charge in [-0.25, -0.2) is 0 Å². The van der Waals surface area contributed by atoms with E-state index in [1.807, 2.05) is 13.8 Å². The summed E-state index contributed by atoms with van der Waals surface area (Å²) in [6.07, 6.45) is 6.83. The van der Waals surface area contributed by atoms with Crippen LogP contribution in [0.1, 0.15) is 59.3 Å². The van der Waals surface area contributed by atoms with Crippen LogP contribution < -0.4 is 11.1 Å². The summed E-state index contributed by atoms with van der Waals surface area (Å²) in [6.45, 7) is 6.12. The Labute approximate surface area is 111 Å². The smallest absolute Gasteiger partial charge is 0.220 e. The van der Waals surface area contributed by atoms with Gasteiger partial charge in [0.2, 0.25) is 5.91 Å². The molecular weight excluding hydrogens is 224 g/mol. The highest BCUT2D eigenvalue weighted by atomic mass is 16.1. The summed E-state index contributed by atoms with van der Waals surface area (Å²) in [5.41, 5.74) is 5.66. The lowest BCUT2D eigenvalue weighted by Crippen LogP contribution is -2.41. The molecule has 4 atom stereocenters. The Balaban J connectivity index is 1.74. The minimum Gasteiger partial charge on any atom is -0.353 e. The average Bonchev–Trinajstić information content (AvgIpc) is 2.87. The van der Waals surface area contributed by atoms with Gasteiger partial charge in [-0.3, -0.25) is 4.79 Å². The van der Waals surface area contributed by atoms with Crippen LogP contribution >= 0.6 is 0 Å². The van der Waals surface area contributed by atoms with Crippen molar-refractivity contribution in [2.45, 2.75) is 70.9 Å². The third kappa shape index (κ3) is 3.47. The van der Waals surface area contributed by atoms with Crippen LogP contribution in [0.3, 0.4) is 0 Å². The van der Waals surface area contributed by atoms with E-state index in [2.05, 4.69) is 12.2 Å². The fourth-order valence-electron chi connectivity index (χ4n) is 3.78. The summed E-state index contributed by atoms with van der Waals surface area (Å²) in [5.74, 6) is 2.71. The van der Waals surface area contributed by atoms with Gasteiger partial charge in [0, 0.05) is 18.0 Å². The molecule has 2 aliphatic rings. The fraction of sp³-hybridized carbons (Fsp3) is 0.933. The summed E-state index contributed by atoms with van der Waals surface area (Å²) in [6, 6.07) is 0.341. The monoisotopic (exact) mass is 252 g/mol. The molecule has 4 unspecified atom stereocenters. The second-order valence-electron chi connectivity index (χ2n) is 7.18. The molecule has 3 N–H and O–H groups in total. The van der Waals surface area contributed by atoms with E-state index in [0.717, 1.165) is 24.2 Å². The maximum absolute atomic E-state index is 11.9. The number of hydrogen-bond acceptors (Lipinski definition) is 2. The quantitative estimate of drug-likeness (QED) is 0.789. The lowest BCUT2D eigenvalue weighted by atomic mass is 9.84. The van der Waals surface area contributed by atoms with Gasteiger partial charge in [0.1, 0.15) is 0 Å². The highest BCUT2D eigenvalue weighted by Gasteiger charge is 2.42. The standard InChI is InChI=1S/C15H28N2O/c1-10(13-9-11-4-5-12(13)8-11)17-14(18)6-7-15(2,3)16/h10-13H,4-9,16H2,1-3H3,(H,17,18). The number of nitrogens with two attached hydrogens (primary N) is 1. The van der Waals surface area contributed by atoms with Crippen LogP contribution in [0, 0.1) is 17.8 Å². The summed E-state index contributed by atoms with van der Waals surface area (Å²) in [5, 5.41) is 3.18. The van der Waals surface area contributed by atoms with Gasteiger partial charge in [-0.05, 0) is 64.2 Å². The second kappa shape index (κ2) is 5.20. The molecule has 0 aliphatic heterocycles. The van der Waals surface area contributed by atoms with E-state index in [4.69, 9.17) is 5.73 Å². The van der Waals surface area contributed by atoms with Crippen LogP contribution in [-0.2, 0) is 4.79 Å². The molecule has 0 aromatic rings. The van der Waals surface area contributed by atoms with Gasteiger partial charge in [0.25, 0.3) is 0 Å². The molecule has 0 radical (unpaired) electrons. The van der Waals surface area contributed by atoms with Gasteiger partial charge in [-0.1, -0.05) is 6.42 Å². The van der Waals surface area contributed by atoms with E-state index < -0.39 is 0 Å². The molecule has 3 heteroatoms. The van der Waals surface area contributed by atoms with Crippen molar-refractivity contribution in [3.63, 3.8) is 0 Å². The average molecular weight is 252 g/mol. The number of rotatable bonds is 5. The van der Waals surface area contributed by atoms with E-state index in [0.29, 0.717) is 12.5 Å². The zero-order valence-corrected chi connectivity index (χ0v) is 12.0. The van der Waals surface area contributed by atoms with E-state index in [9.17, 15) is 4.79 Å². The largest absolute Gasteiger partial charge is 0.353 e. The molecule has 0 aromatic carbocycles. The molecule has 2 bridgehead atoms. The Bertz CT molecular complexity index is 308. The predicted octanol–water partition coefficient (Wildman–Crippen LogP) is 2.44. The van der Waals surface area contributed by atoms with Gasteiger partial charge in [-0.15, -0.1) is 0 Å². The van der Waals surface area contributed by atoms with Crippen molar-refractivity contribution in [2.75, 3.05) is 0 Å². The third-order valence-corrected chi connectivity index (χ3v) is 4.82. The lowest BCUT2D eigenvalue weighted by Gasteiger charge is -2.29. The number of nitrogens with one attached hydrogen (secondary N) is 1.